The van der Waals surface area contributed by atoms with Gasteiger partial charge in [0.1, 0.15) is 0 Å². The molecule has 2 N–H and O–H groups in total. The summed E-state index contributed by atoms with van der Waals surface area (Å²) in [6.07, 6.45) is 1.76. The molecule has 0 radical (unpaired) electrons. The van der Waals surface area contributed by atoms with Gasteiger partial charge in [0.05, 0.1) is 0 Å². The summed E-state index contributed by atoms with van der Waals surface area (Å²) in [5, 5.41) is 0. The van der Waals surface area contributed by atoms with Gasteiger partial charge in [-0.15, -0.1) is 0 Å². The summed E-state index contributed by atoms with van der Waals surface area (Å²) in [7, 11) is 0. The van der Waals surface area contributed by atoms with Crippen LogP contribution in [0.15, 0.2) is 29.8 Å². The van der Waals surface area contributed by atoms with E-state index in [1.807, 2.05) is 24.3 Å². The quantitative estimate of drug-likeness (QED) is 0.617. The van der Waals surface area contributed by atoms with Gasteiger partial charge in [0.25, 0.3) is 0 Å². The Balaban J connectivity index is 3.03. The van der Waals surface area contributed by atoms with Gasteiger partial charge in [0, 0.05) is 11.2 Å². The highest BCUT2D eigenvalue weighted by atomic mass is 35.5. The molecule has 0 saturated carbocycles. The molecule has 1 aromatic rings. The first kappa shape index (κ1) is 7.16. The fourth-order valence-corrected chi connectivity index (χ4v) is 0.866. The lowest BCUT2D eigenvalue weighted by molar-refractivity contribution is 1.64. The number of anilines is 1. The molecular formula is C8H8ClN. The van der Waals surface area contributed by atoms with Crippen molar-refractivity contribution in [3.63, 3.8) is 0 Å². The number of para-hydroxylation sites is 1. The van der Waals surface area contributed by atoms with E-state index in [-0.39, 0.29) is 0 Å². The lowest BCUT2D eigenvalue weighted by atomic mass is 10.2. The van der Waals surface area contributed by atoms with Crippen LogP contribution in [0.5, 0.6) is 0 Å². The standard InChI is InChI=1S/C8H8ClN/c9-6-5-7-3-1-2-4-8(7)10/h1-6H,10H2/b6-5+. The first-order valence-electron chi connectivity index (χ1n) is 2.96. The normalized spacial score (nSPS) is 10.5. The topological polar surface area (TPSA) is 26.0 Å². The Kier molecular flexibility index (Phi) is 2.35. The average molecular weight is 154 g/mol. The molecule has 0 aliphatic carbocycles. The predicted molar refractivity (Wildman–Crippen MR) is 45.7 cm³/mol. The minimum atomic E-state index is 0.749. The summed E-state index contributed by atoms with van der Waals surface area (Å²) in [5.41, 5.74) is 8.75. The summed E-state index contributed by atoms with van der Waals surface area (Å²) in [4.78, 5) is 0. The van der Waals surface area contributed by atoms with Gasteiger partial charge in [-0.25, -0.2) is 0 Å². The van der Waals surface area contributed by atoms with Crippen LogP contribution in [-0.4, -0.2) is 0 Å². The number of hydrogen-bond acceptors (Lipinski definition) is 1. The SMILES string of the molecule is Nc1ccccc1/C=C/Cl. The monoisotopic (exact) mass is 153 g/mol. The molecule has 0 aliphatic rings. The first-order valence-corrected chi connectivity index (χ1v) is 3.39. The van der Waals surface area contributed by atoms with Crippen molar-refractivity contribution in [3.05, 3.63) is 35.4 Å². The van der Waals surface area contributed by atoms with E-state index in [2.05, 4.69) is 0 Å². The smallest absolute Gasteiger partial charge is 0.0387 e. The van der Waals surface area contributed by atoms with Crippen LogP contribution in [0, 0.1) is 0 Å². The van der Waals surface area contributed by atoms with Crippen LogP contribution >= 0.6 is 11.6 Å². The molecule has 10 heavy (non-hydrogen) atoms. The maximum absolute atomic E-state index is 5.60. The fourth-order valence-electron chi connectivity index (χ4n) is 0.731. The van der Waals surface area contributed by atoms with Crippen LogP contribution in [-0.2, 0) is 0 Å². The zero-order valence-corrected chi connectivity index (χ0v) is 6.18. The zero-order chi connectivity index (χ0) is 7.40. The fraction of sp³-hybridized carbons (Fsp3) is 0. The van der Waals surface area contributed by atoms with Crippen molar-refractivity contribution in [2.75, 3.05) is 5.73 Å². The van der Waals surface area contributed by atoms with Gasteiger partial charge in [-0.05, 0) is 17.7 Å². The molecule has 0 unspecified atom stereocenters. The Labute approximate surface area is 65.1 Å². The van der Waals surface area contributed by atoms with Crippen molar-refractivity contribution in [3.8, 4) is 0 Å². The van der Waals surface area contributed by atoms with Crippen LogP contribution in [0.2, 0.25) is 0 Å². The zero-order valence-electron chi connectivity index (χ0n) is 5.42. The van der Waals surface area contributed by atoms with Crippen molar-refractivity contribution in [1.29, 1.82) is 0 Å². The summed E-state index contributed by atoms with van der Waals surface area (Å²) < 4.78 is 0. The Bertz CT molecular complexity index is 243. The number of halogens is 1. The van der Waals surface area contributed by atoms with Crippen molar-refractivity contribution < 1.29 is 0 Å². The molecule has 52 valence electrons. The number of hydrogen-bond donors (Lipinski definition) is 1. The van der Waals surface area contributed by atoms with Crippen molar-refractivity contribution in [2.45, 2.75) is 0 Å². The molecule has 0 heterocycles. The van der Waals surface area contributed by atoms with E-state index in [1.54, 1.807) is 6.08 Å². The number of nitrogens with two attached hydrogens (primary N) is 1. The average Bonchev–Trinajstić information content (AvgIpc) is 1.94. The third-order valence-corrected chi connectivity index (χ3v) is 1.36. The molecule has 0 bridgehead atoms. The molecule has 0 fully saturated rings. The van der Waals surface area contributed by atoms with E-state index in [4.69, 9.17) is 17.3 Å². The van der Waals surface area contributed by atoms with E-state index >= 15 is 0 Å². The third-order valence-electron chi connectivity index (χ3n) is 1.24. The number of rotatable bonds is 1. The van der Waals surface area contributed by atoms with Crippen LogP contribution < -0.4 is 5.73 Å². The van der Waals surface area contributed by atoms with E-state index < -0.39 is 0 Å². The largest absolute Gasteiger partial charge is 0.398 e. The maximum Gasteiger partial charge on any atom is 0.0387 e. The molecule has 1 rings (SSSR count). The van der Waals surface area contributed by atoms with Gasteiger partial charge >= 0.3 is 0 Å². The molecule has 0 saturated heterocycles. The van der Waals surface area contributed by atoms with Crippen molar-refractivity contribution >= 4 is 23.4 Å². The second-order valence-corrected chi connectivity index (χ2v) is 2.17. The van der Waals surface area contributed by atoms with E-state index in [1.165, 1.54) is 5.54 Å². The molecular weight excluding hydrogens is 146 g/mol. The highest BCUT2D eigenvalue weighted by Crippen LogP contribution is 2.11. The molecule has 1 nitrogen and oxygen atoms in total. The van der Waals surface area contributed by atoms with Gasteiger partial charge in [-0.3, -0.25) is 0 Å². The summed E-state index contributed by atoms with van der Waals surface area (Å²) in [6.45, 7) is 0. The highest BCUT2D eigenvalue weighted by Gasteiger charge is 1.88. The van der Waals surface area contributed by atoms with Crippen molar-refractivity contribution in [1.82, 2.24) is 0 Å². The van der Waals surface area contributed by atoms with E-state index in [9.17, 15) is 0 Å². The Morgan fingerprint density at radius 3 is 2.60 bits per heavy atom. The van der Waals surface area contributed by atoms with Crippen LogP contribution in [0.4, 0.5) is 5.69 Å². The number of benzene rings is 1. The van der Waals surface area contributed by atoms with Crippen LogP contribution in [0.3, 0.4) is 0 Å². The van der Waals surface area contributed by atoms with Crippen LogP contribution in [0.1, 0.15) is 5.56 Å². The van der Waals surface area contributed by atoms with Crippen molar-refractivity contribution in [2.24, 2.45) is 0 Å². The van der Waals surface area contributed by atoms with Crippen LogP contribution in [0.25, 0.3) is 6.08 Å². The Morgan fingerprint density at radius 2 is 2.00 bits per heavy atom. The predicted octanol–water partition coefficient (Wildman–Crippen LogP) is 2.48. The maximum atomic E-state index is 5.60. The lowest BCUT2D eigenvalue weighted by Gasteiger charge is -1.95. The highest BCUT2D eigenvalue weighted by molar-refractivity contribution is 6.27. The Morgan fingerprint density at radius 1 is 1.30 bits per heavy atom. The molecule has 0 spiro atoms. The first-order chi connectivity index (χ1) is 4.84. The van der Waals surface area contributed by atoms with E-state index in [0.29, 0.717) is 0 Å². The molecule has 0 aliphatic heterocycles. The minimum absolute atomic E-state index is 0.749. The Hall–Kier alpha value is -0.950. The van der Waals surface area contributed by atoms with Gasteiger partial charge in [0.2, 0.25) is 0 Å². The molecule has 0 atom stereocenters. The summed E-state index contributed by atoms with van der Waals surface area (Å²) in [5.74, 6) is 0. The van der Waals surface area contributed by atoms with Gasteiger partial charge in [-0.1, -0.05) is 29.8 Å². The second kappa shape index (κ2) is 3.28. The summed E-state index contributed by atoms with van der Waals surface area (Å²) >= 11 is 5.37. The van der Waals surface area contributed by atoms with Gasteiger partial charge in [-0.2, -0.15) is 0 Å². The third kappa shape index (κ3) is 1.52. The molecule has 0 aromatic heterocycles. The summed E-state index contributed by atoms with van der Waals surface area (Å²) in [6, 6.07) is 7.56. The lowest BCUT2D eigenvalue weighted by Crippen LogP contribution is -1.86. The van der Waals surface area contributed by atoms with E-state index in [0.717, 1.165) is 11.3 Å². The van der Waals surface area contributed by atoms with Gasteiger partial charge < -0.3 is 5.73 Å². The molecule has 2 heteroatoms. The molecule has 1 aromatic carbocycles. The molecule has 0 amide bonds. The number of nitrogen functional groups attached to an aromatic ring is 1. The van der Waals surface area contributed by atoms with Gasteiger partial charge in [0.15, 0.2) is 0 Å². The second-order valence-electron chi connectivity index (χ2n) is 1.92. The minimum Gasteiger partial charge on any atom is -0.398 e.